The molecule has 2 fully saturated rings. The minimum atomic E-state index is -3.94. The van der Waals surface area contributed by atoms with Crippen molar-refractivity contribution >= 4 is 39.0 Å². The highest BCUT2D eigenvalue weighted by Crippen LogP contribution is 2.25. The van der Waals surface area contributed by atoms with Gasteiger partial charge in [0.05, 0.1) is 5.56 Å². The molecule has 4 heterocycles. The van der Waals surface area contributed by atoms with Crippen LogP contribution >= 0.6 is 11.6 Å². The quantitative estimate of drug-likeness (QED) is 0.498. The van der Waals surface area contributed by atoms with E-state index in [1.807, 2.05) is 42.5 Å². The molecule has 3 aromatic rings. The van der Waals surface area contributed by atoms with E-state index in [-0.39, 0.29) is 16.5 Å². The topological polar surface area (TPSA) is 94.9 Å². The minimum Gasteiger partial charge on any atom is -0.369 e. The molecule has 0 N–H and O–H groups in total. The maximum atomic E-state index is 13.6. The second-order valence-corrected chi connectivity index (χ2v) is 11.1. The van der Waals surface area contributed by atoms with E-state index >= 15 is 0 Å². The van der Waals surface area contributed by atoms with Crippen molar-refractivity contribution in [3.8, 4) is 0 Å². The van der Waals surface area contributed by atoms with E-state index in [0.717, 1.165) is 11.5 Å². The van der Waals surface area contributed by atoms with Crippen LogP contribution in [-0.2, 0) is 17.1 Å². The lowest BCUT2D eigenvalue weighted by Gasteiger charge is -2.36. The van der Waals surface area contributed by atoms with Gasteiger partial charge in [-0.25, -0.2) is 13.4 Å². The third-order valence-electron chi connectivity index (χ3n) is 6.58. The van der Waals surface area contributed by atoms with Gasteiger partial charge in [0, 0.05) is 82.5 Å². The molecule has 0 aliphatic carbocycles. The zero-order chi connectivity index (χ0) is 25.3. The number of carbonyl (C=O) groups excluding carboxylic acids is 1. The molecule has 0 atom stereocenters. The predicted molar refractivity (Wildman–Crippen MR) is 138 cm³/mol. The number of rotatable bonds is 5. The van der Waals surface area contributed by atoms with E-state index in [1.54, 1.807) is 18.1 Å². The smallest absolute Gasteiger partial charge is 0.263 e. The number of carbonyl (C=O) groups is 1. The zero-order valence-corrected chi connectivity index (χ0v) is 21.6. The average molecular weight is 530 g/mol. The summed E-state index contributed by atoms with van der Waals surface area (Å²) in [5.74, 6) is 0.550. The lowest BCUT2D eigenvalue weighted by Crippen LogP contribution is -2.50. The summed E-state index contributed by atoms with van der Waals surface area (Å²) in [5, 5.41) is 4.69. The van der Waals surface area contributed by atoms with Crippen LogP contribution in [0.1, 0.15) is 10.4 Å². The molecule has 1 amide bonds. The first-order valence-corrected chi connectivity index (χ1v) is 13.6. The molecule has 2 aromatic heterocycles. The fraction of sp³-hybridized carbons (Fsp3) is 0.375. The van der Waals surface area contributed by atoms with Crippen LogP contribution in [0, 0.1) is 0 Å². The maximum Gasteiger partial charge on any atom is 0.263 e. The molecule has 190 valence electrons. The molecule has 5 rings (SSSR count). The summed E-state index contributed by atoms with van der Waals surface area (Å²) < 4.78 is 29.9. The predicted octanol–water partition coefficient (Wildman–Crippen LogP) is 1.94. The van der Waals surface area contributed by atoms with Gasteiger partial charge in [-0.05, 0) is 36.4 Å². The summed E-state index contributed by atoms with van der Waals surface area (Å²) >= 11 is 5.98. The number of halogens is 1. The third-order valence-corrected chi connectivity index (χ3v) is 8.67. The number of hydrogen-bond donors (Lipinski definition) is 0. The van der Waals surface area contributed by atoms with Crippen molar-refractivity contribution in [2.75, 3.05) is 62.2 Å². The second kappa shape index (κ2) is 10.1. The lowest BCUT2D eigenvalue weighted by atomic mass is 10.2. The Morgan fingerprint density at radius 2 is 1.56 bits per heavy atom. The van der Waals surface area contributed by atoms with Crippen LogP contribution in [0.25, 0.3) is 0 Å². The number of anilines is 2. The molecule has 0 unspecified atom stereocenters. The molecule has 0 radical (unpaired) electrons. The molecular formula is C24H28ClN7O3S. The number of amides is 1. The Kier molecular flexibility index (Phi) is 6.87. The number of piperazine rings is 2. The first-order chi connectivity index (χ1) is 17.3. The number of hydrogen-bond acceptors (Lipinski definition) is 7. The molecule has 0 bridgehead atoms. The maximum absolute atomic E-state index is 13.6. The van der Waals surface area contributed by atoms with Crippen LogP contribution in [0.3, 0.4) is 0 Å². The number of nitrogens with zero attached hydrogens (tertiary/aromatic N) is 7. The SMILES string of the molecule is Cn1cc(C(=O)N2CCN(c3ccccn3)CC2)c(S(=O)(=O)N2CCN(c3ccc(Cl)cc3)CC2)n1. The standard InChI is InChI=1S/C24H28ClN7O3S/c1-28-18-21(24(33)31-12-10-30(11-13-31)22-4-2-3-9-26-22)23(27-28)36(34,35)32-16-14-29(15-17-32)20-7-5-19(25)6-8-20/h2-9,18H,10-17H2,1H3. The van der Waals surface area contributed by atoms with E-state index in [2.05, 4.69) is 19.9 Å². The second-order valence-electron chi connectivity index (χ2n) is 8.86. The van der Waals surface area contributed by atoms with E-state index in [9.17, 15) is 13.2 Å². The van der Waals surface area contributed by atoms with Crippen LogP contribution in [0.4, 0.5) is 11.5 Å². The summed E-state index contributed by atoms with van der Waals surface area (Å²) in [6.07, 6.45) is 3.25. The molecule has 2 aliphatic rings. The molecular weight excluding hydrogens is 502 g/mol. The average Bonchev–Trinajstić information content (AvgIpc) is 3.32. The van der Waals surface area contributed by atoms with Crippen LogP contribution in [-0.4, -0.2) is 90.7 Å². The summed E-state index contributed by atoms with van der Waals surface area (Å²) in [5.41, 5.74) is 1.11. The van der Waals surface area contributed by atoms with Crippen molar-refractivity contribution in [1.29, 1.82) is 0 Å². The number of sulfonamides is 1. The van der Waals surface area contributed by atoms with Gasteiger partial charge in [0.25, 0.3) is 15.9 Å². The highest BCUT2D eigenvalue weighted by atomic mass is 35.5. The molecule has 2 aliphatic heterocycles. The molecule has 12 heteroatoms. The fourth-order valence-corrected chi connectivity index (χ4v) is 6.28. The third kappa shape index (κ3) is 4.91. The van der Waals surface area contributed by atoms with Crippen molar-refractivity contribution in [3.05, 3.63) is 65.4 Å². The van der Waals surface area contributed by atoms with E-state index in [1.165, 1.54) is 15.2 Å². The Bertz CT molecular complexity index is 1320. The normalized spacial score (nSPS) is 17.4. The van der Waals surface area contributed by atoms with Crippen molar-refractivity contribution in [1.82, 2.24) is 24.0 Å². The van der Waals surface area contributed by atoms with E-state index in [4.69, 9.17) is 11.6 Å². The fourth-order valence-electron chi connectivity index (χ4n) is 4.62. The van der Waals surface area contributed by atoms with Gasteiger partial charge in [-0.2, -0.15) is 9.40 Å². The Morgan fingerprint density at radius 3 is 2.19 bits per heavy atom. The van der Waals surface area contributed by atoms with Crippen LogP contribution in [0.15, 0.2) is 59.9 Å². The summed E-state index contributed by atoms with van der Waals surface area (Å²) in [6, 6.07) is 13.2. The number of aryl methyl sites for hydroxylation is 1. The van der Waals surface area contributed by atoms with Gasteiger partial charge in [0.2, 0.25) is 5.03 Å². The first-order valence-electron chi connectivity index (χ1n) is 11.8. The van der Waals surface area contributed by atoms with Crippen LogP contribution in [0.5, 0.6) is 0 Å². The van der Waals surface area contributed by atoms with E-state index < -0.39 is 10.0 Å². The van der Waals surface area contributed by atoms with Crippen molar-refractivity contribution < 1.29 is 13.2 Å². The molecule has 1 aromatic carbocycles. The first kappa shape index (κ1) is 24.5. The van der Waals surface area contributed by atoms with Gasteiger partial charge in [0.1, 0.15) is 5.82 Å². The van der Waals surface area contributed by atoms with Gasteiger partial charge in [-0.15, -0.1) is 0 Å². The highest BCUT2D eigenvalue weighted by Gasteiger charge is 2.36. The van der Waals surface area contributed by atoms with Gasteiger partial charge in [-0.1, -0.05) is 17.7 Å². The number of benzene rings is 1. The summed E-state index contributed by atoms with van der Waals surface area (Å²) in [6.45, 7) is 3.87. The van der Waals surface area contributed by atoms with E-state index in [0.29, 0.717) is 57.4 Å². The Hall–Kier alpha value is -3.15. The largest absolute Gasteiger partial charge is 0.369 e. The van der Waals surface area contributed by atoms with Crippen LogP contribution in [0.2, 0.25) is 5.02 Å². The number of pyridine rings is 1. The zero-order valence-electron chi connectivity index (χ0n) is 20.0. The van der Waals surface area contributed by atoms with Gasteiger partial charge >= 0.3 is 0 Å². The molecule has 0 saturated carbocycles. The van der Waals surface area contributed by atoms with Gasteiger partial charge in [0.15, 0.2) is 0 Å². The van der Waals surface area contributed by atoms with Crippen molar-refractivity contribution in [3.63, 3.8) is 0 Å². The monoisotopic (exact) mass is 529 g/mol. The molecule has 2 saturated heterocycles. The highest BCUT2D eigenvalue weighted by molar-refractivity contribution is 7.89. The van der Waals surface area contributed by atoms with Crippen molar-refractivity contribution in [2.45, 2.75) is 5.03 Å². The Labute approximate surface area is 215 Å². The van der Waals surface area contributed by atoms with Gasteiger partial charge in [-0.3, -0.25) is 9.48 Å². The summed E-state index contributed by atoms with van der Waals surface area (Å²) in [4.78, 5) is 23.7. The lowest BCUT2D eigenvalue weighted by molar-refractivity contribution is 0.0742. The van der Waals surface area contributed by atoms with Crippen LogP contribution < -0.4 is 9.80 Å². The Balaban J connectivity index is 1.28. The minimum absolute atomic E-state index is 0.115. The number of aromatic nitrogens is 3. The molecule has 0 spiro atoms. The molecule has 10 nitrogen and oxygen atoms in total. The Morgan fingerprint density at radius 1 is 0.889 bits per heavy atom. The van der Waals surface area contributed by atoms with Crippen molar-refractivity contribution in [2.24, 2.45) is 7.05 Å². The van der Waals surface area contributed by atoms with Gasteiger partial charge < -0.3 is 14.7 Å². The summed E-state index contributed by atoms with van der Waals surface area (Å²) in [7, 11) is -2.30. The molecule has 36 heavy (non-hydrogen) atoms.